The molecule has 0 saturated carbocycles. The van der Waals surface area contributed by atoms with Gasteiger partial charge in [-0.05, 0) is 42.8 Å². The fourth-order valence-corrected chi connectivity index (χ4v) is 2.59. The molecule has 24 heavy (non-hydrogen) atoms. The second kappa shape index (κ2) is 6.42. The third-order valence-electron chi connectivity index (χ3n) is 3.55. The number of hydrogen-bond acceptors (Lipinski definition) is 3. The summed E-state index contributed by atoms with van der Waals surface area (Å²) in [6.07, 6.45) is 1.69. The normalized spacial score (nSPS) is 15.2. The quantitative estimate of drug-likeness (QED) is 0.516. The minimum absolute atomic E-state index is 0.217. The van der Waals surface area contributed by atoms with Gasteiger partial charge in [0.25, 0.3) is 5.91 Å². The van der Waals surface area contributed by atoms with E-state index >= 15 is 0 Å². The van der Waals surface area contributed by atoms with Crippen LogP contribution in [-0.2, 0) is 4.79 Å². The minimum Gasteiger partial charge on any atom is -0.449 e. The smallest absolute Gasteiger partial charge is 0.294 e. The molecule has 0 aliphatic carbocycles. The number of fused-ring (bicyclic) bond motifs is 1. The highest BCUT2D eigenvalue weighted by Crippen LogP contribution is 2.37. The average molecular weight is 341 g/mol. The number of nitrogen functional groups attached to an aromatic ring is 1. The SMILES string of the molecule is C=C(C)CN1C(=O)/C(=C\c2ccc(Cl)cc2)Oc2cc(N)ccc21. The molecule has 0 fully saturated rings. The molecule has 0 radical (unpaired) electrons. The number of carbonyl (C=O) groups excluding carboxylic acids is 1. The van der Waals surface area contributed by atoms with E-state index in [-0.39, 0.29) is 11.7 Å². The lowest BCUT2D eigenvalue weighted by Gasteiger charge is -2.30. The summed E-state index contributed by atoms with van der Waals surface area (Å²) in [6, 6.07) is 12.4. The van der Waals surface area contributed by atoms with Crippen molar-refractivity contribution >= 4 is 35.0 Å². The highest BCUT2D eigenvalue weighted by atomic mass is 35.5. The summed E-state index contributed by atoms with van der Waals surface area (Å²) in [5.41, 5.74) is 8.80. The molecule has 5 heteroatoms. The molecule has 0 bridgehead atoms. The fraction of sp³-hybridized carbons (Fsp3) is 0.105. The van der Waals surface area contributed by atoms with Gasteiger partial charge >= 0.3 is 0 Å². The van der Waals surface area contributed by atoms with E-state index < -0.39 is 0 Å². The molecule has 0 unspecified atom stereocenters. The third kappa shape index (κ3) is 3.29. The van der Waals surface area contributed by atoms with Gasteiger partial charge in [-0.25, -0.2) is 0 Å². The molecule has 2 aromatic carbocycles. The van der Waals surface area contributed by atoms with Gasteiger partial charge < -0.3 is 10.5 Å². The second-order valence-corrected chi connectivity index (χ2v) is 6.17. The van der Waals surface area contributed by atoms with Crippen LogP contribution in [0.3, 0.4) is 0 Å². The van der Waals surface area contributed by atoms with E-state index in [2.05, 4.69) is 6.58 Å². The van der Waals surface area contributed by atoms with Crippen molar-refractivity contribution in [2.24, 2.45) is 0 Å². The van der Waals surface area contributed by atoms with Crippen LogP contribution in [0.1, 0.15) is 12.5 Å². The first-order valence-corrected chi connectivity index (χ1v) is 7.83. The Bertz CT molecular complexity index is 841. The summed E-state index contributed by atoms with van der Waals surface area (Å²) >= 11 is 5.90. The van der Waals surface area contributed by atoms with Gasteiger partial charge in [-0.1, -0.05) is 35.9 Å². The summed E-state index contributed by atoms with van der Waals surface area (Å²) in [5, 5.41) is 0.634. The lowest BCUT2D eigenvalue weighted by atomic mass is 10.1. The van der Waals surface area contributed by atoms with Crippen LogP contribution in [0.15, 0.2) is 60.4 Å². The Kier molecular flexibility index (Phi) is 4.32. The van der Waals surface area contributed by atoms with Crippen molar-refractivity contribution in [2.45, 2.75) is 6.92 Å². The van der Waals surface area contributed by atoms with Crippen molar-refractivity contribution in [3.63, 3.8) is 0 Å². The van der Waals surface area contributed by atoms with Gasteiger partial charge in [0, 0.05) is 23.3 Å². The first kappa shape index (κ1) is 16.1. The zero-order valence-electron chi connectivity index (χ0n) is 13.3. The summed E-state index contributed by atoms with van der Waals surface area (Å²) in [7, 11) is 0. The van der Waals surface area contributed by atoms with Gasteiger partial charge in [-0.2, -0.15) is 0 Å². The number of benzene rings is 2. The van der Waals surface area contributed by atoms with E-state index in [1.54, 1.807) is 41.3 Å². The van der Waals surface area contributed by atoms with Crippen LogP contribution in [0.25, 0.3) is 6.08 Å². The van der Waals surface area contributed by atoms with Gasteiger partial charge in [0.2, 0.25) is 0 Å². The standard InChI is InChI=1S/C19H17ClN2O2/c1-12(2)11-22-16-8-7-15(21)10-17(16)24-18(19(22)23)9-13-3-5-14(20)6-4-13/h3-10H,1,11,21H2,2H3/b18-9+. The van der Waals surface area contributed by atoms with Crippen molar-refractivity contribution in [2.75, 3.05) is 17.2 Å². The summed E-state index contributed by atoms with van der Waals surface area (Å²) in [6.45, 7) is 6.19. The van der Waals surface area contributed by atoms with Crippen LogP contribution in [0, 0.1) is 0 Å². The number of hydrogen-bond donors (Lipinski definition) is 1. The molecule has 0 atom stereocenters. The fourth-order valence-electron chi connectivity index (χ4n) is 2.47. The average Bonchev–Trinajstić information content (AvgIpc) is 2.53. The van der Waals surface area contributed by atoms with Crippen molar-refractivity contribution in [3.8, 4) is 5.75 Å². The molecule has 1 aliphatic rings. The summed E-state index contributed by atoms with van der Waals surface area (Å²) < 4.78 is 5.80. The lowest BCUT2D eigenvalue weighted by molar-refractivity contribution is -0.117. The predicted octanol–water partition coefficient (Wildman–Crippen LogP) is 4.26. The van der Waals surface area contributed by atoms with E-state index in [0.717, 1.165) is 11.1 Å². The Balaban J connectivity index is 2.04. The Morgan fingerprint density at radius 2 is 2.00 bits per heavy atom. The third-order valence-corrected chi connectivity index (χ3v) is 3.80. The Hall–Kier alpha value is -2.72. The molecule has 122 valence electrons. The van der Waals surface area contributed by atoms with Crippen LogP contribution in [0.4, 0.5) is 11.4 Å². The molecule has 3 rings (SSSR count). The Labute approximate surface area is 145 Å². The molecule has 2 N–H and O–H groups in total. The van der Waals surface area contributed by atoms with Crippen molar-refractivity contribution < 1.29 is 9.53 Å². The van der Waals surface area contributed by atoms with Crippen LogP contribution in [0.2, 0.25) is 5.02 Å². The van der Waals surface area contributed by atoms with Crippen molar-refractivity contribution in [1.29, 1.82) is 0 Å². The van der Waals surface area contributed by atoms with E-state index in [1.807, 2.05) is 19.1 Å². The molecule has 0 spiro atoms. The number of amides is 1. The number of rotatable bonds is 3. The first-order valence-electron chi connectivity index (χ1n) is 7.45. The lowest BCUT2D eigenvalue weighted by Crippen LogP contribution is -2.38. The van der Waals surface area contributed by atoms with E-state index in [9.17, 15) is 4.79 Å². The molecule has 1 heterocycles. The van der Waals surface area contributed by atoms with Gasteiger partial charge in [-0.3, -0.25) is 9.69 Å². The maximum Gasteiger partial charge on any atom is 0.294 e. The first-order chi connectivity index (χ1) is 11.4. The summed E-state index contributed by atoms with van der Waals surface area (Å²) in [4.78, 5) is 14.5. The molecule has 4 nitrogen and oxygen atoms in total. The zero-order valence-corrected chi connectivity index (χ0v) is 14.0. The monoisotopic (exact) mass is 340 g/mol. The zero-order chi connectivity index (χ0) is 17.3. The molecular formula is C19H17ClN2O2. The highest BCUT2D eigenvalue weighted by molar-refractivity contribution is 6.30. The predicted molar refractivity (Wildman–Crippen MR) is 98.1 cm³/mol. The van der Waals surface area contributed by atoms with E-state index in [4.69, 9.17) is 22.1 Å². The van der Waals surface area contributed by atoms with Gasteiger partial charge in [0.1, 0.15) is 0 Å². The topological polar surface area (TPSA) is 55.6 Å². The number of nitrogens with zero attached hydrogens (tertiary/aromatic N) is 1. The minimum atomic E-state index is -0.217. The summed E-state index contributed by atoms with van der Waals surface area (Å²) in [5.74, 6) is 0.568. The number of carbonyl (C=O) groups is 1. The molecular weight excluding hydrogens is 324 g/mol. The highest BCUT2D eigenvalue weighted by Gasteiger charge is 2.30. The Morgan fingerprint density at radius 1 is 1.29 bits per heavy atom. The van der Waals surface area contributed by atoms with Crippen LogP contribution in [-0.4, -0.2) is 12.5 Å². The van der Waals surface area contributed by atoms with Crippen LogP contribution in [0.5, 0.6) is 5.75 Å². The Morgan fingerprint density at radius 3 is 2.67 bits per heavy atom. The van der Waals surface area contributed by atoms with Gasteiger partial charge in [0.05, 0.1) is 5.69 Å². The van der Waals surface area contributed by atoms with Crippen molar-refractivity contribution in [1.82, 2.24) is 0 Å². The van der Waals surface area contributed by atoms with E-state index in [0.29, 0.717) is 28.7 Å². The maximum atomic E-state index is 12.8. The molecule has 0 aromatic heterocycles. The number of ether oxygens (including phenoxy) is 1. The van der Waals surface area contributed by atoms with Crippen molar-refractivity contribution in [3.05, 3.63) is 71.0 Å². The van der Waals surface area contributed by atoms with Crippen LogP contribution < -0.4 is 15.4 Å². The number of nitrogens with two attached hydrogens (primary N) is 1. The molecule has 2 aromatic rings. The van der Waals surface area contributed by atoms with Gasteiger partial charge in [-0.15, -0.1) is 0 Å². The second-order valence-electron chi connectivity index (χ2n) is 5.74. The largest absolute Gasteiger partial charge is 0.449 e. The van der Waals surface area contributed by atoms with Gasteiger partial charge in [0.15, 0.2) is 11.5 Å². The number of halogens is 1. The molecule has 1 amide bonds. The van der Waals surface area contributed by atoms with E-state index in [1.165, 1.54) is 0 Å². The molecule has 0 saturated heterocycles. The molecule has 1 aliphatic heterocycles. The van der Waals surface area contributed by atoms with Crippen LogP contribution >= 0.6 is 11.6 Å². The number of anilines is 2. The maximum absolute atomic E-state index is 12.8.